The van der Waals surface area contributed by atoms with E-state index in [4.69, 9.17) is 10.5 Å². The van der Waals surface area contributed by atoms with E-state index in [1.165, 1.54) is 13.2 Å². The Hall–Kier alpha value is -2.69. The number of nitrogens with two attached hydrogens (primary N) is 1. The molecule has 5 nitrogen and oxygen atoms in total. The summed E-state index contributed by atoms with van der Waals surface area (Å²) in [6.45, 7) is 1.94. The quantitative estimate of drug-likeness (QED) is 0.787. The summed E-state index contributed by atoms with van der Waals surface area (Å²) >= 11 is 0. The van der Waals surface area contributed by atoms with E-state index < -0.39 is 11.9 Å². The average molecular weight is 286 g/mol. The Morgan fingerprint density at radius 2 is 2.00 bits per heavy atom. The molecule has 2 rings (SSSR count). The predicted octanol–water partition coefficient (Wildman–Crippen LogP) is 2.35. The molecule has 0 aliphatic rings. The lowest BCUT2D eigenvalue weighted by Crippen LogP contribution is -2.28. The van der Waals surface area contributed by atoms with Crippen molar-refractivity contribution in [3.63, 3.8) is 0 Å². The molecule has 1 atom stereocenters. The second-order valence-corrected chi connectivity index (χ2v) is 4.73. The predicted molar refractivity (Wildman–Crippen MR) is 81.4 cm³/mol. The molecule has 21 heavy (non-hydrogen) atoms. The van der Waals surface area contributed by atoms with Gasteiger partial charge in [-0.3, -0.25) is 4.79 Å². The van der Waals surface area contributed by atoms with Crippen LogP contribution in [0.2, 0.25) is 0 Å². The highest BCUT2D eigenvalue weighted by molar-refractivity contribution is 5.85. The zero-order chi connectivity index (χ0) is 15.4. The number of aromatic hydroxyl groups is 1. The Bertz CT molecular complexity index is 656. The Labute approximate surface area is 123 Å². The van der Waals surface area contributed by atoms with Crippen molar-refractivity contribution in [2.45, 2.75) is 13.0 Å². The van der Waals surface area contributed by atoms with Gasteiger partial charge < -0.3 is 20.9 Å². The number of primary amides is 1. The number of carbonyl (C=O) groups excluding carboxylic acids is 1. The second-order valence-electron chi connectivity index (χ2n) is 4.73. The summed E-state index contributed by atoms with van der Waals surface area (Å²) in [5, 5.41) is 12.7. The van der Waals surface area contributed by atoms with Crippen LogP contribution in [-0.4, -0.2) is 18.1 Å². The summed E-state index contributed by atoms with van der Waals surface area (Å²) in [5.74, 6) is -0.198. The van der Waals surface area contributed by atoms with Crippen LogP contribution in [0.5, 0.6) is 11.5 Å². The minimum Gasteiger partial charge on any atom is -0.504 e. The van der Waals surface area contributed by atoms with Gasteiger partial charge in [-0.1, -0.05) is 24.3 Å². The number of benzene rings is 2. The first-order chi connectivity index (χ1) is 10.0. The van der Waals surface area contributed by atoms with Crippen LogP contribution >= 0.6 is 0 Å². The summed E-state index contributed by atoms with van der Waals surface area (Å²) in [7, 11) is 1.45. The number of carbonyl (C=O) groups is 1. The van der Waals surface area contributed by atoms with Crippen molar-refractivity contribution >= 4 is 11.6 Å². The minimum atomic E-state index is -0.708. The number of rotatable bonds is 5. The van der Waals surface area contributed by atoms with E-state index in [1.807, 2.05) is 31.2 Å². The Morgan fingerprint density at radius 1 is 1.29 bits per heavy atom. The zero-order valence-electron chi connectivity index (χ0n) is 12.0. The fourth-order valence-electron chi connectivity index (χ4n) is 2.08. The second kappa shape index (κ2) is 6.17. The van der Waals surface area contributed by atoms with Crippen LogP contribution in [0.1, 0.15) is 17.2 Å². The van der Waals surface area contributed by atoms with Crippen LogP contribution in [0.3, 0.4) is 0 Å². The number of hydrogen-bond acceptors (Lipinski definition) is 4. The highest BCUT2D eigenvalue weighted by atomic mass is 16.5. The average Bonchev–Trinajstić information content (AvgIpc) is 2.47. The van der Waals surface area contributed by atoms with Crippen LogP contribution in [0, 0.1) is 6.92 Å². The number of aryl methyl sites for hydroxylation is 1. The first kappa shape index (κ1) is 14.7. The summed E-state index contributed by atoms with van der Waals surface area (Å²) < 4.78 is 5.06. The summed E-state index contributed by atoms with van der Waals surface area (Å²) in [6.07, 6.45) is 0. The smallest absolute Gasteiger partial charge is 0.244 e. The van der Waals surface area contributed by atoms with E-state index in [0.717, 1.165) is 11.3 Å². The molecule has 0 bridgehead atoms. The van der Waals surface area contributed by atoms with Crippen LogP contribution in [-0.2, 0) is 4.79 Å². The van der Waals surface area contributed by atoms with Crippen molar-refractivity contribution < 1.29 is 14.6 Å². The number of para-hydroxylation sites is 1. The first-order valence-electron chi connectivity index (χ1n) is 6.51. The van der Waals surface area contributed by atoms with E-state index in [1.54, 1.807) is 12.1 Å². The number of anilines is 1. The van der Waals surface area contributed by atoms with E-state index in [9.17, 15) is 9.90 Å². The fourth-order valence-corrected chi connectivity index (χ4v) is 2.08. The van der Waals surface area contributed by atoms with Gasteiger partial charge in [-0.25, -0.2) is 0 Å². The van der Waals surface area contributed by atoms with Crippen LogP contribution in [0.15, 0.2) is 42.5 Å². The van der Waals surface area contributed by atoms with Gasteiger partial charge in [-0.2, -0.15) is 0 Å². The third-order valence-corrected chi connectivity index (χ3v) is 3.27. The van der Waals surface area contributed by atoms with Crippen LogP contribution in [0.4, 0.5) is 5.69 Å². The lowest BCUT2D eigenvalue weighted by atomic mass is 10.0. The highest BCUT2D eigenvalue weighted by Crippen LogP contribution is 2.30. The van der Waals surface area contributed by atoms with Gasteiger partial charge in [0.05, 0.1) is 7.11 Å². The first-order valence-corrected chi connectivity index (χ1v) is 6.51. The van der Waals surface area contributed by atoms with E-state index >= 15 is 0 Å². The molecule has 4 N–H and O–H groups in total. The number of nitrogens with one attached hydrogen (secondary N) is 1. The third kappa shape index (κ3) is 3.25. The molecule has 0 aliphatic heterocycles. The maximum absolute atomic E-state index is 11.8. The van der Waals surface area contributed by atoms with Gasteiger partial charge in [0, 0.05) is 5.69 Å². The lowest BCUT2D eigenvalue weighted by Gasteiger charge is -2.19. The molecule has 0 heterocycles. The molecule has 1 amide bonds. The largest absolute Gasteiger partial charge is 0.504 e. The monoisotopic (exact) mass is 286 g/mol. The number of ether oxygens (including phenoxy) is 1. The summed E-state index contributed by atoms with van der Waals surface area (Å²) in [5.41, 5.74) is 7.95. The fraction of sp³-hybridized carbons (Fsp3) is 0.188. The van der Waals surface area contributed by atoms with Crippen molar-refractivity contribution in [1.29, 1.82) is 0 Å². The standard InChI is InChI=1S/C16H18N2O3/c1-10-5-3-4-6-12(10)18-15(16(17)20)11-7-8-13(19)14(9-11)21-2/h3-9,15,18-19H,1-2H3,(H2,17,20). The Balaban J connectivity index is 2.36. The van der Waals surface area contributed by atoms with Gasteiger partial charge in [0.15, 0.2) is 11.5 Å². The lowest BCUT2D eigenvalue weighted by molar-refractivity contribution is -0.118. The normalized spacial score (nSPS) is 11.7. The van der Waals surface area contributed by atoms with Gasteiger partial charge in [0.1, 0.15) is 6.04 Å². The summed E-state index contributed by atoms with van der Waals surface area (Å²) in [4.78, 5) is 11.8. The van der Waals surface area contributed by atoms with Crippen molar-refractivity contribution in [2.24, 2.45) is 5.73 Å². The van der Waals surface area contributed by atoms with E-state index in [2.05, 4.69) is 5.32 Å². The van der Waals surface area contributed by atoms with Gasteiger partial charge in [-0.15, -0.1) is 0 Å². The molecule has 2 aromatic rings. The van der Waals surface area contributed by atoms with Crippen molar-refractivity contribution in [3.8, 4) is 11.5 Å². The molecular formula is C16H18N2O3. The van der Waals surface area contributed by atoms with E-state index in [0.29, 0.717) is 11.3 Å². The zero-order valence-corrected chi connectivity index (χ0v) is 12.0. The highest BCUT2D eigenvalue weighted by Gasteiger charge is 2.19. The van der Waals surface area contributed by atoms with Gasteiger partial charge in [-0.05, 0) is 36.2 Å². The minimum absolute atomic E-state index is 0.0142. The van der Waals surface area contributed by atoms with Crippen molar-refractivity contribution in [2.75, 3.05) is 12.4 Å². The van der Waals surface area contributed by atoms with Gasteiger partial charge >= 0.3 is 0 Å². The topological polar surface area (TPSA) is 84.6 Å². The molecule has 1 unspecified atom stereocenters. The summed E-state index contributed by atoms with van der Waals surface area (Å²) in [6, 6.07) is 11.6. The van der Waals surface area contributed by atoms with Crippen LogP contribution < -0.4 is 15.8 Å². The van der Waals surface area contributed by atoms with Crippen molar-refractivity contribution in [1.82, 2.24) is 0 Å². The maximum atomic E-state index is 11.8. The third-order valence-electron chi connectivity index (χ3n) is 3.27. The number of hydrogen-bond donors (Lipinski definition) is 3. The van der Waals surface area contributed by atoms with Crippen LogP contribution in [0.25, 0.3) is 0 Å². The number of phenols is 1. The SMILES string of the molecule is COc1cc(C(Nc2ccccc2C)C(N)=O)ccc1O. The number of methoxy groups -OCH3 is 1. The van der Waals surface area contributed by atoms with Gasteiger partial charge in [0.2, 0.25) is 5.91 Å². The molecular weight excluding hydrogens is 268 g/mol. The molecule has 0 spiro atoms. The Morgan fingerprint density at radius 3 is 2.62 bits per heavy atom. The molecule has 2 aromatic carbocycles. The van der Waals surface area contributed by atoms with E-state index in [-0.39, 0.29) is 5.75 Å². The molecule has 0 saturated heterocycles. The molecule has 110 valence electrons. The molecule has 0 aliphatic carbocycles. The Kier molecular flexibility index (Phi) is 4.33. The molecule has 0 saturated carbocycles. The number of phenolic OH excluding ortho intramolecular Hbond substituents is 1. The maximum Gasteiger partial charge on any atom is 0.244 e. The van der Waals surface area contributed by atoms with Gasteiger partial charge in [0.25, 0.3) is 0 Å². The number of amides is 1. The molecule has 0 fully saturated rings. The van der Waals surface area contributed by atoms with Crippen molar-refractivity contribution in [3.05, 3.63) is 53.6 Å². The molecule has 5 heteroatoms. The molecule has 0 radical (unpaired) electrons. The molecule has 0 aromatic heterocycles.